The maximum Gasteiger partial charge on any atom is 0.407 e. The number of carbonyl (C=O) groups excluding carboxylic acids is 2. The van der Waals surface area contributed by atoms with Gasteiger partial charge in [0.2, 0.25) is 5.91 Å². The van der Waals surface area contributed by atoms with Crippen molar-refractivity contribution in [3.63, 3.8) is 0 Å². The first-order chi connectivity index (χ1) is 10.2. The van der Waals surface area contributed by atoms with E-state index in [2.05, 4.69) is 10.6 Å². The molecule has 0 aromatic heterocycles. The Kier molecular flexibility index (Phi) is 7.13. The van der Waals surface area contributed by atoms with Gasteiger partial charge in [-0.3, -0.25) is 4.79 Å². The number of piperidine rings is 1. The van der Waals surface area contributed by atoms with Gasteiger partial charge in [-0.05, 0) is 53.9 Å². The number of likely N-dealkylation sites (tertiary alicyclic amines) is 1. The lowest BCUT2D eigenvalue weighted by Crippen LogP contribution is -2.51. The molecular formula is C16H31N3O3. The minimum atomic E-state index is -0.502. The van der Waals surface area contributed by atoms with Gasteiger partial charge in [-0.1, -0.05) is 0 Å². The van der Waals surface area contributed by atoms with Crippen molar-refractivity contribution in [2.75, 3.05) is 19.6 Å². The number of hydrogen-bond acceptors (Lipinski definition) is 4. The van der Waals surface area contributed by atoms with Gasteiger partial charge in [-0.25, -0.2) is 4.79 Å². The van der Waals surface area contributed by atoms with Gasteiger partial charge in [0.15, 0.2) is 0 Å². The smallest absolute Gasteiger partial charge is 0.407 e. The number of alkyl carbamates (subject to hydrolysis) is 1. The topological polar surface area (TPSA) is 70.7 Å². The summed E-state index contributed by atoms with van der Waals surface area (Å²) in [6.45, 7) is 11.4. The third kappa shape index (κ3) is 7.11. The summed E-state index contributed by atoms with van der Waals surface area (Å²) in [6, 6.07) is -0.246. The van der Waals surface area contributed by atoms with E-state index in [0.717, 1.165) is 25.9 Å². The molecule has 0 saturated carbocycles. The lowest BCUT2D eigenvalue weighted by molar-refractivity contribution is -0.134. The first kappa shape index (κ1) is 18.7. The van der Waals surface area contributed by atoms with Gasteiger partial charge < -0.3 is 20.3 Å². The molecule has 1 rings (SSSR count). The largest absolute Gasteiger partial charge is 0.444 e. The monoisotopic (exact) mass is 313 g/mol. The molecule has 1 saturated heterocycles. The molecule has 1 aliphatic rings. The lowest BCUT2D eigenvalue weighted by Gasteiger charge is -2.30. The molecule has 1 fully saturated rings. The molecule has 22 heavy (non-hydrogen) atoms. The fraction of sp³-hybridized carbons (Fsp3) is 0.875. The van der Waals surface area contributed by atoms with Gasteiger partial charge in [0.25, 0.3) is 0 Å². The van der Waals surface area contributed by atoms with Crippen molar-refractivity contribution in [1.82, 2.24) is 15.5 Å². The van der Waals surface area contributed by atoms with E-state index in [-0.39, 0.29) is 18.0 Å². The van der Waals surface area contributed by atoms with E-state index >= 15 is 0 Å². The number of carbonyl (C=O) groups is 2. The second kappa shape index (κ2) is 8.36. The summed E-state index contributed by atoms with van der Waals surface area (Å²) in [4.78, 5) is 25.8. The lowest BCUT2D eigenvalue weighted by atomic mass is 10.1. The van der Waals surface area contributed by atoms with Crippen molar-refractivity contribution >= 4 is 12.0 Å². The van der Waals surface area contributed by atoms with Crippen LogP contribution in [0.3, 0.4) is 0 Å². The molecule has 0 bridgehead atoms. The normalized spacial score (nSPS) is 18.5. The molecule has 128 valence electrons. The van der Waals surface area contributed by atoms with Gasteiger partial charge in [0.1, 0.15) is 5.60 Å². The van der Waals surface area contributed by atoms with Crippen LogP contribution >= 0.6 is 0 Å². The van der Waals surface area contributed by atoms with Gasteiger partial charge in [-0.2, -0.15) is 0 Å². The minimum absolute atomic E-state index is 0.00346. The minimum Gasteiger partial charge on any atom is -0.444 e. The predicted octanol–water partition coefficient (Wildman–Crippen LogP) is 1.89. The van der Waals surface area contributed by atoms with Crippen LogP contribution in [0.15, 0.2) is 0 Å². The van der Waals surface area contributed by atoms with E-state index in [1.165, 1.54) is 6.42 Å². The number of amides is 2. The molecular weight excluding hydrogens is 282 g/mol. The SMILES string of the molecule is CC(CNC(=O)OC(C)(C)C)NC(C)C(=O)N1CCCCC1. The van der Waals surface area contributed by atoms with Gasteiger partial charge in [-0.15, -0.1) is 0 Å². The third-order valence-corrected chi connectivity index (χ3v) is 3.52. The molecule has 0 aliphatic carbocycles. The Morgan fingerprint density at radius 2 is 1.73 bits per heavy atom. The number of nitrogens with zero attached hydrogens (tertiary/aromatic N) is 1. The van der Waals surface area contributed by atoms with Crippen molar-refractivity contribution in [3.8, 4) is 0 Å². The zero-order chi connectivity index (χ0) is 16.8. The van der Waals surface area contributed by atoms with Crippen molar-refractivity contribution in [2.24, 2.45) is 0 Å². The van der Waals surface area contributed by atoms with Crippen LogP contribution in [0, 0.1) is 0 Å². The number of ether oxygens (including phenoxy) is 1. The summed E-state index contributed by atoms with van der Waals surface area (Å²) in [5, 5.41) is 5.95. The summed E-state index contributed by atoms with van der Waals surface area (Å²) in [5.41, 5.74) is -0.502. The molecule has 2 amide bonds. The van der Waals surface area contributed by atoms with E-state index in [9.17, 15) is 9.59 Å². The average molecular weight is 313 g/mol. The molecule has 1 aliphatic heterocycles. The highest BCUT2D eigenvalue weighted by molar-refractivity contribution is 5.81. The standard InChI is InChI=1S/C16H31N3O3/c1-12(11-17-15(21)22-16(3,4)5)18-13(2)14(20)19-9-7-6-8-10-19/h12-13,18H,6-11H2,1-5H3,(H,17,21). The molecule has 2 unspecified atom stereocenters. The van der Waals surface area contributed by atoms with Crippen LogP contribution in [-0.4, -0.2) is 54.2 Å². The van der Waals surface area contributed by atoms with Crippen molar-refractivity contribution < 1.29 is 14.3 Å². The van der Waals surface area contributed by atoms with Crippen LogP contribution in [0.1, 0.15) is 53.9 Å². The van der Waals surface area contributed by atoms with Crippen LogP contribution in [0.25, 0.3) is 0 Å². The van der Waals surface area contributed by atoms with Crippen LogP contribution in [0.2, 0.25) is 0 Å². The van der Waals surface area contributed by atoms with E-state index in [1.807, 2.05) is 39.5 Å². The van der Waals surface area contributed by atoms with Crippen LogP contribution in [0.4, 0.5) is 4.79 Å². The molecule has 2 atom stereocenters. The highest BCUT2D eigenvalue weighted by atomic mass is 16.6. The van der Waals surface area contributed by atoms with Gasteiger partial charge >= 0.3 is 6.09 Å². The predicted molar refractivity (Wildman–Crippen MR) is 86.7 cm³/mol. The summed E-state index contributed by atoms with van der Waals surface area (Å²) in [5.74, 6) is 0.142. The Morgan fingerprint density at radius 3 is 2.27 bits per heavy atom. The third-order valence-electron chi connectivity index (χ3n) is 3.52. The first-order valence-electron chi connectivity index (χ1n) is 8.21. The van der Waals surface area contributed by atoms with E-state index in [0.29, 0.717) is 6.54 Å². The molecule has 0 spiro atoms. The Morgan fingerprint density at radius 1 is 1.14 bits per heavy atom. The summed E-state index contributed by atoms with van der Waals surface area (Å²) in [6.07, 6.45) is 2.96. The van der Waals surface area contributed by atoms with E-state index in [1.54, 1.807) is 0 Å². The Labute approximate surface area is 134 Å². The second-order valence-corrected chi connectivity index (χ2v) is 7.06. The molecule has 6 heteroatoms. The number of hydrogen-bond donors (Lipinski definition) is 2. The highest BCUT2D eigenvalue weighted by Gasteiger charge is 2.23. The van der Waals surface area contributed by atoms with E-state index < -0.39 is 11.7 Å². The Bertz CT molecular complexity index is 373. The molecule has 6 nitrogen and oxygen atoms in total. The van der Waals surface area contributed by atoms with Crippen LogP contribution < -0.4 is 10.6 Å². The highest BCUT2D eigenvalue weighted by Crippen LogP contribution is 2.10. The quantitative estimate of drug-likeness (QED) is 0.813. The van der Waals surface area contributed by atoms with Crippen LogP contribution in [-0.2, 0) is 9.53 Å². The zero-order valence-electron chi connectivity index (χ0n) is 14.6. The van der Waals surface area contributed by atoms with Crippen LogP contribution in [0.5, 0.6) is 0 Å². The fourth-order valence-electron chi connectivity index (χ4n) is 2.50. The van der Waals surface area contributed by atoms with E-state index in [4.69, 9.17) is 4.74 Å². The van der Waals surface area contributed by atoms with Crippen molar-refractivity contribution in [1.29, 1.82) is 0 Å². The molecule has 1 heterocycles. The van der Waals surface area contributed by atoms with Gasteiger partial charge in [0, 0.05) is 25.7 Å². The average Bonchev–Trinajstić information content (AvgIpc) is 2.43. The Balaban J connectivity index is 2.29. The fourth-order valence-corrected chi connectivity index (χ4v) is 2.50. The maximum atomic E-state index is 12.3. The van der Waals surface area contributed by atoms with Crippen molar-refractivity contribution in [2.45, 2.75) is 71.6 Å². The summed E-state index contributed by atoms with van der Waals surface area (Å²) in [7, 11) is 0. The zero-order valence-corrected chi connectivity index (χ0v) is 14.6. The Hall–Kier alpha value is -1.30. The number of nitrogens with one attached hydrogen (secondary N) is 2. The van der Waals surface area contributed by atoms with Crippen molar-refractivity contribution in [3.05, 3.63) is 0 Å². The first-order valence-corrected chi connectivity index (χ1v) is 8.21. The summed E-state index contributed by atoms with van der Waals surface area (Å²) < 4.78 is 5.18. The molecule has 0 aromatic carbocycles. The maximum absolute atomic E-state index is 12.3. The van der Waals surface area contributed by atoms with Gasteiger partial charge in [0.05, 0.1) is 6.04 Å². The second-order valence-electron chi connectivity index (χ2n) is 7.06. The number of rotatable bonds is 5. The molecule has 0 aromatic rings. The molecule has 2 N–H and O–H groups in total. The molecule has 0 radical (unpaired) electrons. The summed E-state index contributed by atoms with van der Waals surface area (Å²) >= 11 is 0.